The third-order valence-corrected chi connectivity index (χ3v) is 2.25. The molecule has 0 saturated heterocycles. The second kappa shape index (κ2) is 5.45. The van der Waals surface area contributed by atoms with E-state index in [9.17, 15) is 8.78 Å². The molecule has 0 spiro atoms. The molecule has 17 heavy (non-hydrogen) atoms. The van der Waals surface area contributed by atoms with Crippen LogP contribution >= 0.6 is 0 Å². The predicted molar refractivity (Wildman–Crippen MR) is 58.9 cm³/mol. The topological polar surface area (TPSA) is 37.8 Å². The van der Waals surface area contributed by atoms with Gasteiger partial charge in [-0.05, 0) is 18.2 Å². The maximum absolute atomic E-state index is 13.3. The highest BCUT2D eigenvalue weighted by molar-refractivity contribution is 5.18. The van der Waals surface area contributed by atoms with Gasteiger partial charge in [0.2, 0.25) is 0 Å². The van der Waals surface area contributed by atoms with Crippen LogP contribution in [0.25, 0.3) is 0 Å². The minimum absolute atomic E-state index is 0.250. The molecule has 0 aliphatic carbocycles. The lowest BCUT2D eigenvalue weighted by Crippen LogP contribution is -2.14. The van der Waals surface area contributed by atoms with Crippen LogP contribution in [0.3, 0.4) is 0 Å². The summed E-state index contributed by atoms with van der Waals surface area (Å²) in [6.07, 6.45) is 4.78. The Kier molecular flexibility index (Phi) is 3.72. The third-order valence-electron chi connectivity index (χ3n) is 2.25. The van der Waals surface area contributed by atoms with E-state index in [0.29, 0.717) is 12.1 Å². The number of halogens is 2. The van der Waals surface area contributed by atoms with Crippen molar-refractivity contribution in [3.8, 4) is 0 Å². The fourth-order valence-electron chi connectivity index (χ4n) is 1.43. The zero-order valence-electron chi connectivity index (χ0n) is 9.03. The van der Waals surface area contributed by atoms with E-state index >= 15 is 0 Å². The Morgan fingerprint density at radius 3 is 2.76 bits per heavy atom. The molecule has 0 aliphatic rings. The van der Waals surface area contributed by atoms with E-state index in [0.717, 1.165) is 17.8 Å². The Hall–Kier alpha value is -1.88. The first-order valence-electron chi connectivity index (χ1n) is 5.15. The van der Waals surface area contributed by atoms with Crippen LogP contribution in [-0.2, 0) is 13.1 Å². The number of nitrogens with one attached hydrogen (secondary N) is 1. The van der Waals surface area contributed by atoms with Crippen molar-refractivity contribution in [2.45, 2.75) is 13.1 Å². The summed E-state index contributed by atoms with van der Waals surface area (Å²) < 4.78 is 26.1. The molecule has 1 N–H and O–H groups in total. The smallest absolute Gasteiger partial charge is 0.127 e. The van der Waals surface area contributed by atoms with E-state index in [1.165, 1.54) is 6.07 Å². The molecule has 0 atom stereocenters. The Morgan fingerprint density at radius 1 is 1.12 bits per heavy atom. The quantitative estimate of drug-likeness (QED) is 0.881. The molecule has 0 radical (unpaired) electrons. The summed E-state index contributed by atoms with van der Waals surface area (Å²) in [4.78, 5) is 7.96. The molecule has 5 heteroatoms. The van der Waals surface area contributed by atoms with Gasteiger partial charge in [-0.15, -0.1) is 0 Å². The van der Waals surface area contributed by atoms with Crippen LogP contribution in [0.2, 0.25) is 0 Å². The van der Waals surface area contributed by atoms with E-state index in [-0.39, 0.29) is 6.54 Å². The highest BCUT2D eigenvalue weighted by Crippen LogP contribution is 2.09. The van der Waals surface area contributed by atoms with Crippen LogP contribution in [0.15, 0.2) is 36.8 Å². The molecule has 1 aromatic carbocycles. The van der Waals surface area contributed by atoms with Crippen molar-refractivity contribution < 1.29 is 8.78 Å². The monoisotopic (exact) mass is 235 g/mol. The highest BCUT2D eigenvalue weighted by Gasteiger charge is 2.03. The third kappa shape index (κ3) is 3.29. The molecule has 2 rings (SSSR count). The number of nitrogens with zero attached hydrogens (tertiary/aromatic N) is 2. The lowest BCUT2D eigenvalue weighted by Gasteiger charge is -2.05. The van der Waals surface area contributed by atoms with Crippen molar-refractivity contribution >= 4 is 0 Å². The minimum Gasteiger partial charge on any atom is -0.307 e. The van der Waals surface area contributed by atoms with Gasteiger partial charge in [-0.25, -0.2) is 8.78 Å². The zero-order valence-corrected chi connectivity index (χ0v) is 9.03. The molecule has 0 saturated carbocycles. The van der Waals surface area contributed by atoms with Gasteiger partial charge in [0.1, 0.15) is 11.6 Å². The number of hydrogen-bond acceptors (Lipinski definition) is 3. The van der Waals surface area contributed by atoms with Crippen molar-refractivity contribution in [2.24, 2.45) is 0 Å². The van der Waals surface area contributed by atoms with Crippen molar-refractivity contribution in [2.75, 3.05) is 0 Å². The summed E-state index contributed by atoms with van der Waals surface area (Å²) in [5.41, 5.74) is 1.05. The predicted octanol–water partition coefficient (Wildman–Crippen LogP) is 2.04. The largest absolute Gasteiger partial charge is 0.307 e. The summed E-state index contributed by atoms with van der Waals surface area (Å²) in [5, 5.41) is 2.98. The second-order valence-corrected chi connectivity index (χ2v) is 3.54. The Morgan fingerprint density at radius 2 is 2.00 bits per heavy atom. The molecule has 0 amide bonds. The lowest BCUT2D eigenvalue weighted by molar-refractivity contribution is 0.567. The number of benzene rings is 1. The van der Waals surface area contributed by atoms with Gasteiger partial charge >= 0.3 is 0 Å². The number of hydrogen-bond donors (Lipinski definition) is 1. The summed E-state index contributed by atoms with van der Waals surface area (Å²) >= 11 is 0. The lowest BCUT2D eigenvalue weighted by atomic mass is 10.2. The zero-order chi connectivity index (χ0) is 12.1. The van der Waals surface area contributed by atoms with Gasteiger partial charge in [-0.1, -0.05) is 0 Å². The number of aromatic nitrogens is 2. The van der Waals surface area contributed by atoms with Gasteiger partial charge in [-0.2, -0.15) is 0 Å². The van der Waals surface area contributed by atoms with Gasteiger partial charge in [-0.3, -0.25) is 9.97 Å². The van der Waals surface area contributed by atoms with E-state index in [1.807, 2.05) is 0 Å². The molecular formula is C12H11F2N3. The summed E-state index contributed by atoms with van der Waals surface area (Å²) in [5.74, 6) is -0.860. The summed E-state index contributed by atoms with van der Waals surface area (Å²) in [6, 6.07) is 3.40. The maximum Gasteiger partial charge on any atom is 0.127 e. The van der Waals surface area contributed by atoms with E-state index in [4.69, 9.17) is 0 Å². The van der Waals surface area contributed by atoms with Gasteiger partial charge < -0.3 is 5.32 Å². The maximum atomic E-state index is 13.3. The van der Waals surface area contributed by atoms with Crippen LogP contribution in [-0.4, -0.2) is 9.97 Å². The van der Waals surface area contributed by atoms with E-state index in [1.54, 1.807) is 18.6 Å². The Bertz CT molecular complexity index is 488. The summed E-state index contributed by atoms with van der Waals surface area (Å²) in [6.45, 7) is 0.712. The van der Waals surface area contributed by atoms with Crippen molar-refractivity contribution in [3.05, 3.63) is 59.7 Å². The number of rotatable bonds is 4. The van der Waals surface area contributed by atoms with E-state index < -0.39 is 11.6 Å². The first-order valence-corrected chi connectivity index (χ1v) is 5.15. The molecule has 0 aliphatic heterocycles. The molecule has 0 fully saturated rings. The van der Waals surface area contributed by atoms with Crippen LogP contribution in [0.4, 0.5) is 8.78 Å². The highest BCUT2D eigenvalue weighted by atomic mass is 19.1. The van der Waals surface area contributed by atoms with E-state index in [2.05, 4.69) is 15.3 Å². The van der Waals surface area contributed by atoms with Crippen molar-refractivity contribution in [1.29, 1.82) is 0 Å². The molecular weight excluding hydrogens is 224 g/mol. The first kappa shape index (κ1) is 11.6. The molecule has 88 valence electrons. The van der Waals surface area contributed by atoms with Crippen molar-refractivity contribution in [1.82, 2.24) is 15.3 Å². The molecule has 0 bridgehead atoms. The van der Waals surface area contributed by atoms with Gasteiger partial charge in [0.15, 0.2) is 0 Å². The van der Waals surface area contributed by atoms with Gasteiger partial charge in [0, 0.05) is 37.2 Å². The minimum atomic E-state index is -0.442. The van der Waals surface area contributed by atoms with Gasteiger partial charge in [0.05, 0.1) is 5.69 Å². The molecule has 1 heterocycles. The molecule has 2 aromatic rings. The first-order chi connectivity index (χ1) is 8.25. The Balaban J connectivity index is 1.92. The average Bonchev–Trinajstić information content (AvgIpc) is 2.35. The normalized spacial score (nSPS) is 10.5. The average molecular weight is 235 g/mol. The van der Waals surface area contributed by atoms with Crippen LogP contribution in [0.5, 0.6) is 0 Å². The van der Waals surface area contributed by atoms with Gasteiger partial charge in [0.25, 0.3) is 0 Å². The Labute approximate surface area is 97.5 Å². The molecule has 1 aromatic heterocycles. The summed E-state index contributed by atoms with van der Waals surface area (Å²) in [7, 11) is 0. The fourth-order valence-corrected chi connectivity index (χ4v) is 1.43. The van der Waals surface area contributed by atoms with Crippen LogP contribution in [0, 0.1) is 11.6 Å². The SMILES string of the molecule is Fc1ccc(F)c(CNCc2cnccn2)c1. The molecule has 3 nitrogen and oxygen atoms in total. The molecule has 0 unspecified atom stereocenters. The van der Waals surface area contributed by atoms with Crippen molar-refractivity contribution in [3.63, 3.8) is 0 Å². The van der Waals surface area contributed by atoms with Crippen LogP contribution in [0.1, 0.15) is 11.3 Å². The van der Waals surface area contributed by atoms with Crippen LogP contribution < -0.4 is 5.32 Å². The fraction of sp³-hybridized carbons (Fsp3) is 0.167. The second-order valence-electron chi connectivity index (χ2n) is 3.54. The standard InChI is InChI=1S/C12H11F2N3/c13-10-1-2-12(14)9(5-10)6-16-8-11-7-15-3-4-17-11/h1-5,7,16H,6,8H2.